The van der Waals surface area contributed by atoms with Crippen molar-refractivity contribution in [1.82, 2.24) is 4.90 Å². The number of ether oxygens (including phenoxy) is 1. The lowest BCUT2D eigenvalue weighted by atomic mass is 10.1. The van der Waals surface area contributed by atoms with E-state index in [4.69, 9.17) is 4.74 Å². The Hall–Kier alpha value is -0.870. The summed E-state index contributed by atoms with van der Waals surface area (Å²) in [6.45, 7) is 5.46. The number of aryl methyl sites for hydroxylation is 1. The highest BCUT2D eigenvalue weighted by Gasteiger charge is 2.25. The minimum absolute atomic E-state index is 0.138. The van der Waals surface area contributed by atoms with Crippen LogP contribution >= 0.6 is 15.9 Å². The second kappa shape index (κ2) is 6.53. The van der Waals surface area contributed by atoms with Crippen molar-refractivity contribution in [2.75, 3.05) is 13.1 Å². The zero-order valence-electron chi connectivity index (χ0n) is 11.4. The number of carbonyl (C=O) groups excluding carboxylic acids is 1. The standard InChI is InChI=1S/C15H20BrNO2/c1-11-9-17(10-12(2)19-11)15(18)7-6-13-4-3-5-14(16)8-13/h3-5,8,11-12H,6-7,9-10H2,1-2H3. The van der Waals surface area contributed by atoms with E-state index in [0.717, 1.165) is 10.9 Å². The Morgan fingerprint density at radius 2 is 2.05 bits per heavy atom. The molecule has 0 aliphatic carbocycles. The van der Waals surface area contributed by atoms with Crippen LogP contribution in [0.5, 0.6) is 0 Å². The maximum atomic E-state index is 12.2. The summed E-state index contributed by atoms with van der Waals surface area (Å²) in [6, 6.07) is 8.12. The van der Waals surface area contributed by atoms with Gasteiger partial charge in [0.2, 0.25) is 5.91 Å². The van der Waals surface area contributed by atoms with Gasteiger partial charge in [-0.05, 0) is 38.0 Å². The van der Waals surface area contributed by atoms with Crippen molar-refractivity contribution < 1.29 is 9.53 Å². The highest BCUT2D eigenvalue weighted by Crippen LogP contribution is 2.15. The molecule has 1 amide bonds. The second-order valence-corrected chi connectivity index (χ2v) is 6.10. The quantitative estimate of drug-likeness (QED) is 0.854. The second-order valence-electron chi connectivity index (χ2n) is 5.19. The average Bonchev–Trinajstić information content (AvgIpc) is 2.35. The van der Waals surface area contributed by atoms with E-state index in [-0.39, 0.29) is 18.1 Å². The molecule has 1 heterocycles. The van der Waals surface area contributed by atoms with Gasteiger partial charge in [-0.25, -0.2) is 0 Å². The number of nitrogens with zero attached hydrogens (tertiary/aromatic N) is 1. The molecule has 0 radical (unpaired) electrons. The fourth-order valence-electron chi connectivity index (χ4n) is 2.48. The van der Waals surface area contributed by atoms with Gasteiger partial charge in [-0.15, -0.1) is 0 Å². The zero-order chi connectivity index (χ0) is 13.8. The first-order valence-corrected chi connectivity index (χ1v) is 7.51. The van der Waals surface area contributed by atoms with Gasteiger partial charge >= 0.3 is 0 Å². The summed E-state index contributed by atoms with van der Waals surface area (Å²) in [5, 5.41) is 0. The largest absolute Gasteiger partial charge is 0.372 e. The Labute approximate surface area is 123 Å². The van der Waals surface area contributed by atoms with Crippen molar-refractivity contribution in [3.63, 3.8) is 0 Å². The van der Waals surface area contributed by atoms with E-state index in [9.17, 15) is 4.79 Å². The minimum Gasteiger partial charge on any atom is -0.372 e. The minimum atomic E-state index is 0.138. The van der Waals surface area contributed by atoms with E-state index in [1.807, 2.05) is 30.9 Å². The molecule has 1 fully saturated rings. The van der Waals surface area contributed by atoms with Crippen LogP contribution in [0.3, 0.4) is 0 Å². The Morgan fingerprint density at radius 1 is 1.37 bits per heavy atom. The highest BCUT2D eigenvalue weighted by molar-refractivity contribution is 9.10. The third kappa shape index (κ3) is 4.32. The van der Waals surface area contributed by atoms with Crippen LogP contribution in [0, 0.1) is 0 Å². The lowest BCUT2D eigenvalue weighted by Gasteiger charge is -2.35. The van der Waals surface area contributed by atoms with E-state index in [1.165, 1.54) is 5.56 Å². The number of hydrogen-bond acceptors (Lipinski definition) is 2. The molecule has 1 aromatic carbocycles. The molecule has 0 aromatic heterocycles. The van der Waals surface area contributed by atoms with Crippen LogP contribution in [-0.4, -0.2) is 36.1 Å². The topological polar surface area (TPSA) is 29.5 Å². The molecule has 4 heteroatoms. The zero-order valence-corrected chi connectivity index (χ0v) is 13.0. The lowest BCUT2D eigenvalue weighted by molar-refractivity contribution is -0.143. The molecule has 2 unspecified atom stereocenters. The molecule has 2 atom stereocenters. The molecule has 0 spiro atoms. The van der Waals surface area contributed by atoms with Gasteiger partial charge in [0.25, 0.3) is 0 Å². The highest BCUT2D eigenvalue weighted by atomic mass is 79.9. The molecule has 1 aliphatic rings. The summed E-state index contributed by atoms with van der Waals surface area (Å²) >= 11 is 3.45. The number of halogens is 1. The van der Waals surface area contributed by atoms with Crippen molar-refractivity contribution in [2.24, 2.45) is 0 Å². The first-order chi connectivity index (χ1) is 9.04. The van der Waals surface area contributed by atoms with E-state index < -0.39 is 0 Å². The smallest absolute Gasteiger partial charge is 0.223 e. The maximum Gasteiger partial charge on any atom is 0.223 e. The van der Waals surface area contributed by atoms with Gasteiger partial charge in [0, 0.05) is 24.0 Å². The van der Waals surface area contributed by atoms with Crippen LogP contribution in [0.2, 0.25) is 0 Å². The molecular formula is C15H20BrNO2. The molecular weight excluding hydrogens is 306 g/mol. The van der Waals surface area contributed by atoms with Gasteiger partial charge in [0.05, 0.1) is 12.2 Å². The van der Waals surface area contributed by atoms with E-state index in [0.29, 0.717) is 19.5 Å². The predicted octanol–water partition coefficient (Wildman–Crippen LogP) is 3.02. The Kier molecular flexibility index (Phi) is 4.99. The van der Waals surface area contributed by atoms with E-state index >= 15 is 0 Å². The molecule has 0 saturated carbocycles. The SMILES string of the molecule is CC1CN(C(=O)CCc2cccc(Br)c2)CC(C)O1. The lowest BCUT2D eigenvalue weighted by Crippen LogP contribution is -2.48. The monoisotopic (exact) mass is 325 g/mol. The number of rotatable bonds is 3. The van der Waals surface area contributed by atoms with Gasteiger partial charge in [0.15, 0.2) is 0 Å². The number of carbonyl (C=O) groups is 1. The van der Waals surface area contributed by atoms with Gasteiger partial charge in [0.1, 0.15) is 0 Å². The number of amides is 1. The summed E-state index contributed by atoms with van der Waals surface area (Å²) in [4.78, 5) is 14.1. The molecule has 2 rings (SSSR count). The predicted molar refractivity (Wildman–Crippen MR) is 79.1 cm³/mol. The van der Waals surface area contributed by atoms with Crippen molar-refractivity contribution >= 4 is 21.8 Å². The van der Waals surface area contributed by atoms with Gasteiger partial charge in [-0.3, -0.25) is 4.79 Å². The summed E-state index contributed by atoms with van der Waals surface area (Å²) in [5.74, 6) is 0.224. The Morgan fingerprint density at radius 3 is 2.68 bits per heavy atom. The molecule has 3 nitrogen and oxygen atoms in total. The summed E-state index contributed by atoms with van der Waals surface area (Å²) in [5.41, 5.74) is 1.19. The van der Waals surface area contributed by atoms with Crippen LogP contribution < -0.4 is 0 Å². The first-order valence-electron chi connectivity index (χ1n) is 6.72. The van der Waals surface area contributed by atoms with Crippen LogP contribution in [0.4, 0.5) is 0 Å². The van der Waals surface area contributed by atoms with E-state index in [2.05, 4.69) is 28.1 Å². The third-order valence-electron chi connectivity index (χ3n) is 3.29. The van der Waals surface area contributed by atoms with Gasteiger partial charge in [-0.2, -0.15) is 0 Å². The number of benzene rings is 1. The van der Waals surface area contributed by atoms with Crippen molar-refractivity contribution in [2.45, 2.75) is 38.9 Å². The molecule has 0 N–H and O–H groups in total. The molecule has 19 heavy (non-hydrogen) atoms. The molecule has 1 aromatic rings. The van der Waals surface area contributed by atoms with Gasteiger partial charge in [-0.1, -0.05) is 28.1 Å². The Balaban J connectivity index is 1.87. The Bertz CT molecular complexity index is 440. The molecule has 0 bridgehead atoms. The fraction of sp³-hybridized carbons (Fsp3) is 0.533. The van der Waals surface area contributed by atoms with Crippen LogP contribution in [0.25, 0.3) is 0 Å². The normalized spacial score (nSPS) is 23.4. The van der Waals surface area contributed by atoms with Crippen LogP contribution in [-0.2, 0) is 16.0 Å². The summed E-state index contributed by atoms with van der Waals surface area (Å²) in [7, 11) is 0. The summed E-state index contributed by atoms with van der Waals surface area (Å²) < 4.78 is 6.71. The third-order valence-corrected chi connectivity index (χ3v) is 3.78. The van der Waals surface area contributed by atoms with Crippen molar-refractivity contribution in [1.29, 1.82) is 0 Å². The summed E-state index contributed by atoms with van der Waals surface area (Å²) in [6.07, 6.45) is 1.63. The van der Waals surface area contributed by atoms with E-state index in [1.54, 1.807) is 0 Å². The van der Waals surface area contributed by atoms with Crippen LogP contribution in [0.1, 0.15) is 25.8 Å². The number of hydrogen-bond donors (Lipinski definition) is 0. The number of morpholine rings is 1. The maximum absolute atomic E-state index is 12.2. The van der Waals surface area contributed by atoms with Crippen molar-refractivity contribution in [3.8, 4) is 0 Å². The van der Waals surface area contributed by atoms with Crippen molar-refractivity contribution in [3.05, 3.63) is 34.3 Å². The average molecular weight is 326 g/mol. The molecule has 104 valence electrons. The van der Waals surface area contributed by atoms with Crippen LogP contribution in [0.15, 0.2) is 28.7 Å². The fourth-order valence-corrected chi connectivity index (χ4v) is 2.93. The molecule has 1 saturated heterocycles. The molecule has 1 aliphatic heterocycles. The first kappa shape index (κ1) is 14.5. The van der Waals surface area contributed by atoms with Gasteiger partial charge < -0.3 is 9.64 Å².